The first kappa shape index (κ1) is 17.0. The van der Waals surface area contributed by atoms with Crippen LogP contribution in [0, 0.1) is 5.41 Å². The maximum absolute atomic E-state index is 12.5. The van der Waals surface area contributed by atoms with Gasteiger partial charge in [-0.2, -0.15) is 0 Å². The number of aliphatic hydroxyl groups excluding tert-OH is 1. The van der Waals surface area contributed by atoms with E-state index in [1.807, 2.05) is 43.4 Å². The van der Waals surface area contributed by atoms with Crippen LogP contribution in [0.4, 0.5) is 0 Å². The van der Waals surface area contributed by atoms with E-state index in [1.165, 1.54) is 0 Å². The lowest BCUT2D eigenvalue weighted by molar-refractivity contribution is -0.136. The van der Waals surface area contributed by atoms with E-state index in [4.69, 9.17) is 0 Å². The maximum atomic E-state index is 12.5. The van der Waals surface area contributed by atoms with Crippen LogP contribution in [0.2, 0.25) is 0 Å². The zero-order valence-corrected chi connectivity index (χ0v) is 14.1. The molecule has 0 spiro atoms. The number of aromatic nitrogens is 2. The molecule has 22 heavy (non-hydrogen) atoms. The van der Waals surface area contributed by atoms with Gasteiger partial charge in [-0.3, -0.25) is 9.69 Å². The zero-order valence-electron chi connectivity index (χ0n) is 14.1. The Balaban J connectivity index is 1.83. The summed E-state index contributed by atoms with van der Waals surface area (Å²) in [5.41, 5.74) is -0.108. The highest BCUT2D eigenvalue weighted by molar-refractivity contribution is 5.80. The molecule has 2 heterocycles. The van der Waals surface area contributed by atoms with Crippen molar-refractivity contribution < 1.29 is 9.90 Å². The standard InChI is InChI=1S/C16H28N4O2/c1-13(20-6-5-17-12-20)15(22)19-9-7-18(8-10-19)11-14(21)16(2,3)4/h5-6,12-14,21H,7-11H2,1-4H3/t13-,14-/m1/s1. The summed E-state index contributed by atoms with van der Waals surface area (Å²) in [5.74, 6) is 0.133. The van der Waals surface area contributed by atoms with Crippen LogP contribution in [-0.2, 0) is 4.79 Å². The van der Waals surface area contributed by atoms with Gasteiger partial charge in [0.05, 0.1) is 12.4 Å². The minimum absolute atomic E-state index is 0.108. The third-order valence-electron chi connectivity index (χ3n) is 4.44. The maximum Gasteiger partial charge on any atom is 0.245 e. The summed E-state index contributed by atoms with van der Waals surface area (Å²) in [5, 5.41) is 10.2. The van der Waals surface area contributed by atoms with Gasteiger partial charge < -0.3 is 14.6 Å². The highest BCUT2D eigenvalue weighted by Crippen LogP contribution is 2.20. The Labute approximate surface area is 132 Å². The Morgan fingerprint density at radius 3 is 2.41 bits per heavy atom. The summed E-state index contributed by atoms with van der Waals surface area (Å²) in [7, 11) is 0. The van der Waals surface area contributed by atoms with Crippen LogP contribution in [0.5, 0.6) is 0 Å². The van der Waals surface area contributed by atoms with Gasteiger partial charge in [0, 0.05) is 45.1 Å². The first-order chi connectivity index (χ1) is 10.3. The van der Waals surface area contributed by atoms with Crippen LogP contribution in [0.15, 0.2) is 18.7 Å². The highest BCUT2D eigenvalue weighted by atomic mass is 16.3. The topological polar surface area (TPSA) is 61.6 Å². The van der Waals surface area contributed by atoms with Gasteiger partial charge in [0.15, 0.2) is 0 Å². The van der Waals surface area contributed by atoms with E-state index >= 15 is 0 Å². The first-order valence-electron chi connectivity index (χ1n) is 7.95. The molecule has 1 amide bonds. The number of nitrogens with zero attached hydrogens (tertiary/aromatic N) is 4. The van der Waals surface area contributed by atoms with Gasteiger partial charge in [-0.05, 0) is 12.3 Å². The summed E-state index contributed by atoms with van der Waals surface area (Å²) in [6.45, 7) is 11.8. The smallest absolute Gasteiger partial charge is 0.245 e. The molecule has 1 aliphatic rings. The van der Waals surface area contributed by atoms with Crippen molar-refractivity contribution in [2.24, 2.45) is 5.41 Å². The summed E-state index contributed by atoms with van der Waals surface area (Å²) in [6, 6.07) is -0.214. The number of amides is 1. The fraction of sp³-hybridized carbons (Fsp3) is 0.750. The predicted molar refractivity (Wildman–Crippen MR) is 85.4 cm³/mol. The third kappa shape index (κ3) is 4.08. The third-order valence-corrected chi connectivity index (χ3v) is 4.44. The van der Waals surface area contributed by atoms with E-state index in [0.29, 0.717) is 19.6 Å². The molecular formula is C16H28N4O2. The minimum Gasteiger partial charge on any atom is -0.391 e. The van der Waals surface area contributed by atoms with E-state index in [-0.39, 0.29) is 23.5 Å². The van der Waals surface area contributed by atoms with Crippen molar-refractivity contribution in [3.05, 3.63) is 18.7 Å². The van der Waals surface area contributed by atoms with E-state index in [9.17, 15) is 9.90 Å². The predicted octanol–water partition coefficient (Wildman–Crippen LogP) is 0.995. The second kappa shape index (κ2) is 6.79. The van der Waals surface area contributed by atoms with Gasteiger partial charge in [0.25, 0.3) is 0 Å². The van der Waals surface area contributed by atoms with Crippen LogP contribution in [0.25, 0.3) is 0 Å². The first-order valence-corrected chi connectivity index (χ1v) is 7.95. The van der Waals surface area contributed by atoms with E-state index in [0.717, 1.165) is 13.1 Å². The van der Waals surface area contributed by atoms with Crippen LogP contribution in [0.3, 0.4) is 0 Å². The van der Waals surface area contributed by atoms with Crippen LogP contribution >= 0.6 is 0 Å². The monoisotopic (exact) mass is 308 g/mol. The molecule has 0 saturated carbocycles. The number of piperazine rings is 1. The average molecular weight is 308 g/mol. The number of carbonyl (C=O) groups excluding carboxylic acids is 1. The van der Waals surface area contributed by atoms with Gasteiger partial charge in [0.1, 0.15) is 6.04 Å². The molecule has 2 atom stereocenters. The molecule has 6 heteroatoms. The number of aliphatic hydroxyl groups is 1. The molecule has 1 saturated heterocycles. The molecule has 0 bridgehead atoms. The SMILES string of the molecule is C[C@H](C(=O)N1CCN(C[C@@H](O)C(C)(C)C)CC1)n1ccnc1. The van der Waals surface area contributed by atoms with Crippen molar-refractivity contribution in [1.29, 1.82) is 0 Å². The molecule has 0 unspecified atom stereocenters. The number of imidazole rings is 1. The Kier molecular flexibility index (Phi) is 5.24. The molecule has 0 aliphatic carbocycles. The number of rotatable bonds is 4. The fourth-order valence-electron chi connectivity index (χ4n) is 2.56. The van der Waals surface area contributed by atoms with Crippen molar-refractivity contribution in [1.82, 2.24) is 19.4 Å². The fourth-order valence-corrected chi connectivity index (χ4v) is 2.56. The van der Waals surface area contributed by atoms with Crippen LogP contribution < -0.4 is 0 Å². The van der Waals surface area contributed by atoms with Crippen molar-refractivity contribution in [3.63, 3.8) is 0 Å². The number of carbonyl (C=O) groups is 1. The summed E-state index contributed by atoms with van der Waals surface area (Å²) >= 11 is 0. The van der Waals surface area contributed by atoms with Crippen LogP contribution in [0.1, 0.15) is 33.7 Å². The lowest BCUT2D eigenvalue weighted by Crippen LogP contribution is -2.52. The Morgan fingerprint density at radius 1 is 1.27 bits per heavy atom. The molecule has 2 rings (SSSR count). The van der Waals surface area contributed by atoms with Gasteiger partial charge in [-0.15, -0.1) is 0 Å². The van der Waals surface area contributed by atoms with Crippen molar-refractivity contribution in [2.75, 3.05) is 32.7 Å². The molecule has 0 aromatic carbocycles. The Bertz CT molecular complexity index is 473. The molecule has 1 aromatic heterocycles. The zero-order chi connectivity index (χ0) is 16.3. The average Bonchev–Trinajstić information content (AvgIpc) is 2.99. The Hall–Kier alpha value is -1.40. The van der Waals surface area contributed by atoms with E-state index in [1.54, 1.807) is 12.5 Å². The Morgan fingerprint density at radius 2 is 1.91 bits per heavy atom. The summed E-state index contributed by atoms with van der Waals surface area (Å²) < 4.78 is 1.83. The molecule has 0 radical (unpaired) electrons. The number of hydrogen-bond acceptors (Lipinski definition) is 4. The summed E-state index contributed by atoms with van der Waals surface area (Å²) in [6.07, 6.45) is 4.84. The van der Waals surface area contributed by atoms with E-state index < -0.39 is 0 Å². The molecule has 1 aromatic rings. The molecule has 1 N–H and O–H groups in total. The van der Waals surface area contributed by atoms with Crippen molar-refractivity contribution >= 4 is 5.91 Å². The molecule has 124 valence electrons. The van der Waals surface area contributed by atoms with Gasteiger partial charge in [-0.25, -0.2) is 4.98 Å². The summed E-state index contributed by atoms with van der Waals surface area (Å²) in [4.78, 5) is 20.6. The number of β-amino-alcohol motifs (C(OH)–C–C–N with tert-alkyl or cyclic N) is 1. The van der Waals surface area contributed by atoms with Gasteiger partial charge in [0.2, 0.25) is 5.91 Å². The van der Waals surface area contributed by atoms with Gasteiger partial charge >= 0.3 is 0 Å². The lowest BCUT2D eigenvalue weighted by Gasteiger charge is -2.38. The molecule has 6 nitrogen and oxygen atoms in total. The quantitative estimate of drug-likeness (QED) is 0.901. The molecule has 1 fully saturated rings. The second-order valence-electron chi connectivity index (χ2n) is 7.19. The van der Waals surface area contributed by atoms with E-state index in [2.05, 4.69) is 9.88 Å². The van der Waals surface area contributed by atoms with Crippen molar-refractivity contribution in [3.8, 4) is 0 Å². The van der Waals surface area contributed by atoms with Crippen LogP contribution in [-0.4, -0.2) is 69.2 Å². The second-order valence-corrected chi connectivity index (χ2v) is 7.19. The lowest BCUT2D eigenvalue weighted by atomic mass is 9.89. The van der Waals surface area contributed by atoms with Gasteiger partial charge in [-0.1, -0.05) is 20.8 Å². The molecule has 1 aliphatic heterocycles. The largest absolute Gasteiger partial charge is 0.391 e. The highest BCUT2D eigenvalue weighted by Gasteiger charge is 2.29. The minimum atomic E-state index is -0.348. The van der Waals surface area contributed by atoms with Crippen molar-refractivity contribution in [2.45, 2.75) is 39.8 Å². The number of hydrogen-bond donors (Lipinski definition) is 1. The molecular weight excluding hydrogens is 280 g/mol. The normalized spacial score (nSPS) is 20.0.